The van der Waals surface area contributed by atoms with Gasteiger partial charge in [0.15, 0.2) is 5.82 Å². The summed E-state index contributed by atoms with van der Waals surface area (Å²) >= 11 is 6.11. The molecule has 9 heteroatoms. The summed E-state index contributed by atoms with van der Waals surface area (Å²) in [5, 5.41) is 5.78. The van der Waals surface area contributed by atoms with E-state index in [0.29, 0.717) is 46.2 Å². The van der Waals surface area contributed by atoms with Gasteiger partial charge in [0.1, 0.15) is 0 Å². The molecule has 1 saturated heterocycles. The molecule has 31 heavy (non-hydrogen) atoms. The molecule has 0 unspecified atom stereocenters. The minimum atomic E-state index is -0.0846. The highest BCUT2D eigenvalue weighted by Crippen LogP contribution is 2.27. The Balaban J connectivity index is 1.67. The zero-order chi connectivity index (χ0) is 21.4. The minimum Gasteiger partial charge on any atom is -0.379 e. The maximum absolute atomic E-state index is 13.6. The summed E-state index contributed by atoms with van der Waals surface area (Å²) in [7, 11) is 0. The molecule has 4 aromatic rings. The van der Waals surface area contributed by atoms with Crippen LogP contribution in [0.15, 0.2) is 41.3 Å². The van der Waals surface area contributed by atoms with Crippen LogP contribution in [-0.4, -0.2) is 61.9 Å². The van der Waals surface area contributed by atoms with Crippen LogP contribution in [0.4, 0.5) is 0 Å². The van der Waals surface area contributed by atoms with Gasteiger partial charge >= 0.3 is 0 Å². The highest BCUT2D eigenvalue weighted by molar-refractivity contribution is 6.30. The predicted molar refractivity (Wildman–Crippen MR) is 120 cm³/mol. The first-order valence-electron chi connectivity index (χ1n) is 10.5. The number of benzene rings is 1. The van der Waals surface area contributed by atoms with E-state index in [1.54, 1.807) is 9.08 Å². The van der Waals surface area contributed by atoms with Crippen molar-refractivity contribution in [3.05, 3.63) is 57.7 Å². The Hall–Kier alpha value is -2.81. The maximum Gasteiger partial charge on any atom is 0.262 e. The molecular weight excluding hydrogens is 416 g/mol. The van der Waals surface area contributed by atoms with E-state index in [0.717, 1.165) is 38.4 Å². The molecule has 3 aromatic heterocycles. The van der Waals surface area contributed by atoms with Crippen molar-refractivity contribution in [2.45, 2.75) is 19.9 Å². The van der Waals surface area contributed by atoms with Gasteiger partial charge in [0.25, 0.3) is 11.3 Å². The lowest BCUT2D eigenvalue weighted by molar-refractivity contribution is 0.0363. The second-order valence-electron chi connectivity index (χ2n) is 7.59. The number of halogens is 1. The first-order chi connectivity index (χ1) is 15.1. The van der Waals surface area contributed by atoms with E-state index in [-0.39, 0.29) is 5.56 Å². The fourth-order valence-electron chi connectivity index (χ4n) is 3.94. The molecule has 1 aromatic carbocycles. The summed E-state index contributed by atoms with van der Waals surface area (Å²) in [6.07, 6.45) is 2.50. The number of aryl methyl sites for hydroxylation is 1. The quantitative estimate of drug-likeness (QED) is 0.476. The SMILES string of the molecule is CCc1nc2nc3ccn(CCN4CCOCC4)c(=O)c3c(-c3ccc(Cl)cc3)n2n1. The molecule has 0 spiro atoms. The van der Waals surface area contributed by atoms with Crippen molar-refractivity contribution in [3.63, 3.8) is 0 Å². The van der Waals surface area contributed by atoms with Crippen LogP contribution in [0.5, 0.6) is 0 Å². The maximum atomic E-state index is 13.6. The topological polar surface area (TPSA) is 77.6 Å². The Bertz CT molecular complexity index is 1290. The molecule has 0 radical (unpaired) electrons. The third-order valence-electron chi connectivity index (χ3n) is 5.64. The van der Waals surface area contributed by atoms with Crippen molar-refractivity contribution >= 4 is 28.3 Å². The third-order valence-corrected chi connectivity index (χ3v) is 5.89. The Morgan fingerprint density at radius 2 is 1.84 bits per heavy atom. The lowest BCUT2D eigenvalue weighted by Gasteiger charge is -2.26. The number of ether oxygens (including phenoxy) is 1. The number of pyridine rings is 1. The molecule has 1 aliphatic heterocycles. The average molecular weight is 439 g/mol. The number of rotatable bonds is 5. The molecule has 5 rings (SSSR count). The first-order valence-corrected chi connectivity index (χ1v) is 10.9. The van der Waals surface area contributed by atoms with Crippen LogP contribution in [0.1, 0.15) is 12.7 Å². The molecule has 1 aliphatic rings. The van der Waals surface area contributed by atoms with Crippen LogP contribution in [0, 0.1) is 0 Å². The lowest BCUT2D eigenvalue weighted by atomic mass is 10.1. The van der Waals surface area contributed by atoms with Crippen LogP contribution in [-0.2, 0) is 17.7 Å². The smallest absolute Gasteiger partial charge is 0.262 e. The number of hydrogen-bond donors (Lipinski definition) is 0. The molecule has 160 valence electrons. The Kier molecular flexibility index (Phi) is 5.43. The summed E-state index contributed by atoms with van der Waals surface area (Å²) in [6.45, 7) is 6.64. The van der Waals surface area contributed by atoms with Gasteiger partial charge in [-0.3, -0.25) is 9.69 Å². The van der Waals surface area contributed by atoms with Gasteiger partial charge in [-0.05, 0) is 18.2 Å². The number of aromatic nitrogens is 5. The molecule has 4 heterocycles. The second kappa shape index (κ2) is 8.37. The van der Waals surface area contributed by atoms with Gasteiger partial charge in [-0.15, -0.1) is 5.10 Å². The first kappa shape index (κ1) is 20.1. The van der Waals surface area contributed by atoms with Gasteiger partial charge in [-0.1, -0.05) is 30.7 Å². The number of fused-ring (bicyclic) bond motifs is 2. The summed E-state index contributed by atoms with van der Waals surface area (Å²) in [6, 6.07) is 9.30. The highest BCUT2D eigenvalue weighted by atomic mass is 35.5. The largest absolute Gasteiger partial charge is 0.379 e. The van der Waals surface area contributed by atoms with Crippen molar-refractivity contribution in [1.82, 2.24) is 29.0 Å². The average Bonchev–Trinajstić information content (AvgIpc) is 3.21. The zero-order valence-corrected chi connectivity index (χ0v) is 18.0. The van der Waals surface area contributed by atoms with Gasteiger partial charge in [-0.25, -0.2) is 4.98 Å². The highest BCUT2D eigenvalue weighted by Gasteiger charge is 2.19. The molecule has 0 saturated carbocycles. The van der Waals surface area contributed by atoms with E-state index < -0.39 is 0 Å². The van der Waals surface area contributed by atoms with Crippen molar-refractivity contribution in [3.8, 4) is 11.3 Å². The molecule has 8 nitrogen and oxygen atoms in total. The molecule has 0 atom stereocenters. The monoisotopic (exact) mass is 438 g/mol. The van der Waals surface area contributed by atoms with E-state index in [1.807, 2.05) is 43.5 Å². The predicted octanol–water partition coefficient (Wildman–Crippen LogP) is 2.65. The molecular formula is C22H23ClN6O2. The van der Waals surface area contributed by atoms with Crippen LogP contribution < -0.4 is 5.56 Å². The second-order valence-corrected chi connectivity index (χ2v) is 8.03. The van der Waals surface area contributed by atoms with E-state index >= 15 is 0 Å². The van der Waals surface area contributed by atoms with E-state index in [2.05, 4.69) is 20.0 Å². The summed E-state index contributed by atoms with van der Waals surface area (Å²) in [5.74, 6) is 1.17. The number of hydrogen-bond acceptors (Lipinski definition) is 6. The summed E-state index contributed by atoms with van der Waals surface area (Å²) in [4.78, 5) is 25.0. The fourth-order valence-corrected chi connectivity index (χ4v) is 4.06. The molecule has 0 aliphatic carbocycles. The van der Waals surface area contributed by atoms with Crippen LogP contribution in [0.2, 0.25) is 5.02 Å². The zero-order valence-electron chi connectivity index (χ0n) is 17.3. The Labute approximate surface area is 184 Å². The standard InChI is InChI=1S/C22H23ClN6O2/c1-2-18-25-22-24-17-7-8-28(10-9-27-11-13-31-14-12-27)21(30)19(17)20(29(22)26-18)15-3-5-16(23)6-4-15/h3-8H,2,9-14H2,1H3. The van der Waals surface area contributed by atoms with Crippen molar-refractivity contribution < 1.29 is 4.74 Å². The van der Waals surface area contributed by atoms with Gasteiger partial charge in [0.05, 0.1) is 29.8 Å². The Morgan fingerprint density at radius 3 is 2.58 bits per heavy atom. The van der Waals surface area contributed by atoms with E-state index in [1.165, 1.54) is 0 Å². The van der Waals surface area contributed by atoms with Gasteiger partial charge in [-0.2, -0.15) is 9.50 Å². The molecule has 0 bridgehead atoms. The Morgan fingerprint density at radius 1 is 1.06 bits per heavy atom. The van der Waals surface area contributed by atoms with Crippen molar-refractivity contribution in [2.24, 2.45) is 0 Å². The summed E-state index contributed by atoms with van der Waals surface area (Å²) < 4.78 is 8.85. The van der Waals surface area contributed by atoms with Gasteiger partial charge < -0.3 is 9.30 Å². The third kappa shape index (κ3) is 3.82. The lowest BCUT2D eigenvalue weighted by Crippen LogP contribution is -2.39. The fraction of sp³-hybridized carbons (Fsp3) is 0.364. The molecule has 1 fully saturated rings. The van der Waals surface area contributed by atoms with Crippen LogP contribution in [0.25, 0.3) is 27.9 Å². The number of nitrogens with zero attached hydrogens (tertiary/aromatic N) is 6. The summed E-state index contributed by atoms with van der Waals surface area (Å²) in [5.41, 5.74) is 2.06. The van der Waals surface area contributed by atoms with E-state index in [9.17, 15) is 4.79 Å². The van der Waals surface area contributed by atoms with Crippen LogP contribution >= 0.6 is 11.6 Å². The minimum absolute atomic E-state index is 0.0846. The molecule has 0 amide bonds. The van der Waals surface area contributed by atoms with Gasteiger partial charge in [0, 0.05) is 49.4 Å². The van der Waals surface area contributed by atoms with Crippen LogP contribution in [0.3, 0.4) is 0 Å². The van der Waals surface area contributed by atoms with E-state index in [4.69, 9.17) is 16.3 Å². The van der Waals surface area contributed by atoms with Gasteiger partial charge in [0.2, 0.25) is 0 Å². The molecule has 0 N–H and O–H groups in total. The van der Waals surface area contributed by atoms with Crippen molar-refractivity contribution in [2.75, 3.05) is 32.8 Å². The normalized spacial score (nSPS) is 15.2. The number of morpholine rings is 1. The van der Waals surface area contributed by atoms with Crippen molar-refractivity contribution in [1.29, 1.82) is 0 Å².